The maximum absolute atomic E-state index is 12.7. The zero-order valence-electron chi connectivity index (χ0n) is 19.5. The number of carbonyl (C=O) groups is 1. The molecule has 1 saturated heterocycles. The minimum absolute atomic E-state index is 0.0632. The highest BCUT2D eigenvalue weighted by molar-refractivity contribution is 7.90. The summed E-state index contributed by atoms with van der Waals surface area (Å²) in [5, 5.41) is 3.06. The molecular weight excluding hydrogens is 452 g/mol. The first-order valence-electron chi connectivity index (χ1n) is 11.4. The minimum Gasteiger partial charge on any atom is -0.492 e. The van der Waals surface area contributed by atoms with E-state index in [9.17, 15) is 13.2 Å². The molecule has 34 heavy (non-hydrogen) atoms. The van der Waals surface area contributed by atoms with Crippen LogP contribution in [0.1, 0.15) is 35.7 Å². The Bertz CT molecular complexity index is 1230. The number of likely N-dealkylation sites (tertiary alicyclic amines) is 1. The molecule has 0 unspecified atom stereocenters. The predicted molar refractivity (Wildman–Crippen MR) is 130 cm³/mol. The van der Waals surface area contributed by atoms with Gasteiger partial charge in [-0.25, -0.2) is 13.4 Å². The zero-order chi connectivity index (χ0) is 24.1. The fourth-order valence-electron chi connectivity index (χ4n) is 4.17. The number of benzene rings is 2. The van der Waals surface area contributed by atoms with Gasteiger partial charge in [0.2, 0.25) is 0 Å². The molecule has 1 N–H and O–H groups in total. The molecule has 2 aromatic carbocycles. The first kappa shape index (κ1) is 24.0. The lowest BCUT2D eigenvalue weighted by atomic mass is 10.0. The zero-order valence-corrected chi connectivity index (χ0v) is 20.3. The molecule has 180 valence electrons. The fraction of sp³-hybridized carbons (Fsp3) is 0.360. The molecule has 3 aromatic rings. The molecule has 1 aliphatic rings. The summed E-state index contributed by atoms with van der Waals surface area (Å²) in [6.45, 7) is 5.09. The van der Waals surface area contributed by atoms with E-state index in [2.05, 4.69) is 33.4 Å². The number of imidazole rings is 1. The molecule has 0 spiro atoms. The molecule has 1 fully saturated rings. The SMILES string of the molecule is CCOc1cc(CN2CCC(NC(=O)c3cccc(S(C)(=O)=O)c3)CC2)ccc1-n1ccnc1. The van der Waals surface area contributed by atoms with Crippen molar-refractivity contribution in [2.45, 2.75) is 37.2 Å². The number of ether oxygens (including phenoxy) is 1. The molecule has 0 bridgehead atoms. The summed E-state index contributed by atoms with van der Waals surface area (Å²) in [7, 11) is -3.35. The lowest BCUT2D eigenvalue weighted by Crippen LogP contribution is -2.44. The number of nitrogens with one attached hydrogen (secondary N) is 1. The monoisotopic (exact) mass is 482 g/mol. The van der Waals surface area contributed by atoms with Gasteiger partial charge in [0.15, 0.2) is 9.84 Å². The van der Waals surface area contributed by atoms with Crippen molar-refractivity contribution in [1.82, 2.24) is 19.8 Å². The largest absolute Gasteiger partial charge is 0.492 e. The quantitative estimate of drug-likeness (QED) is 0.530. The number of hydrogen-bond donors (Lipinski definition) is 1. The van der Waals surface area contributed by atoms with Gasteiger partial charge < -0.3 is 14.6 Å². The van der Waals surface area contributed by atoms with Crippen molar-refractivity contribution in [3.8, 4) is 11.4 Å². The number of rotatable bonds is 8. The number of sulfone groups is 1. The summed E-state index contributed by atoms with van der Waals surface area (Å²) >= 11 is 0. The van der Waals surface area contributed by atoms with E-state index in [4.69, 9.17) is 4.74 Å². The summed E-state index contributed by atoms with van der Waals surface area (Å²) in [6.07, 6.45) is 8.21. The van der Waals surface area contributed by atoms with Crippen LogP contribution in [-0.2, 0) is 16.4 Å². The molecule has 9 heteroatoms. The third kappa shape index (κ3) is 5.84. The molecule has 0 atom stereocenters. The molecule has 0 aliphatic carbocycles. The van der Waals surface area contributed by atoms with Gasteiger partial charge in [0.05, 0.1) is 23.5 Å². The van der Waals surface area contributed by atoms with Crippen molar-refractivity contribution in [3.63, 3.8) is 0 Å². The molecule has 8 nitrogen and oxygen atoms in total. The van der Waals surface area contributed by atoms with Crippen LogP contribution < -0.4 is 10.1 Å². The van der Waals surface area contributed by atoms with Crippen LogP contribution in [-0.4, -0.2) is 60.8 Å². The molecule has 1 aliphatic heterocycles. The average molecular weight is 483 g/mol. The van der Waals surface area contributed by atoms with Gasteiger partial charge in [0, 0.05) is 49.9 Å². The molecule has 4 rings (SSSR count). The van der Waals surface area contributed by atoms with E-state index in [0.717, 1.165) is 50.2 Å². The Morgan fingerprint density at radius 3 is 2.65 bits per heavy atom. The van der Waals surface area contributed by atoms with Crippen LogP contribution in [0.2, 0.25) is 0 Å². The van der Waals surface area contributed by atoms with Gasteiger partial charge in [0.1, 0.15) is 5.75 Å². The van der Waals surface area contributed by atoms with Gasteiger partial charge >= 0.3 is 0 Å². The summed E-state index contributed by atoms with van der Waals surface area (Å²) in [4.78, 5) is 19.3. The Kier molecular flexibility index (Phi) is 7.33. The van der Waals surface area contributed by atoms with Crippen LogP contribution in [0.3, 0.4) is 0 Å². The Hall–Kier alpha value is -3.17. The molecule has 1 amide bonds. The van der Waals surface area contributed by atoms with E-state index in [0.29, 0.717) is 12.2 Å². The number of hydrogen-bond acceptors (Lipinski definition) is 6. The maximum Gasteiger partial charge on any atom is 0.251 e. The maximum atomic E-state index is 12.7. The topological polar surface area (TPSA) is 93.5 Å². The number of piperidine rings is 1. The van der Waals surface area contributed by atoms with Crippen LogP contribution in [0, 0.1) is 0 Å². The Labute approximate surface area is 200 Å². The van der Waals surface area contributed by atoms with E-state index in [1.807, 2.05) is 17.7 Å². The van der Waals surface area contributed by atoms with Gasteiger partial charge in [-0.05, 0) is 55.7 Å². The summed E-state index contributed by atoms with van der Waals surface area (Å²) < 4.78 is 31.4. The van der Waals surface area contributed by atoms with E-state index in [1.165, 1.54) is 17.7 Å². The third-order valence-corrected chi connectivity index (χ3v) is 7.07. The van der Waals surface area contributed by atoms with Crippen molar-refractivity contribution in [2.24, 2.45) is 0 Å². The summed E-state index contributed by atoms with van der Waals surface area (Å²) in [5.41, 5.74) is 2.50. The highest BCUT2D eigenvalue weighted by atomic mass is 32.2. The van der Waals surface area contributed by atoms with Gasteiger partial charge in [-0.1, -0.05) is 12.1 Å². The first-order valence-corrected chi connectivity index (χ1v) is 13.3. The number of carbonyl (C=O) groups excluding carboxylic acids is 1. The van der Waals surface area contributed by atoms with Crippen molar-refractivity contribution in [2.75, 3.05) is 26.0 Å². The van der Waals surface area contributed by atoms with Gasteiger partial charge in [-0.3, -0.25) is 9.69 Å². The standard InChI is InChI=1S/C25H30N4O4S/c1-3-33-24-15-19(7-8-23(24)29-14-11-26-18-29)17-28-12-9-21(10-13-28)27-25(30)20-5-4-6-22(16-20)34(2,31)32/h4-8,11,14-16,18,21H,3,9-10,12-13,17H2,1-2H3,(H,27,30). The highest BCUT2D eigenvalue weighted by Gasteiger charge is 2.22. The van der Waals surface area contributed by atoms with Crippen LogP contribution >= 0.6 is 0 Å². The lowest BCUT2D eigenvalue weighted by molar-refractivity contribution is 0.0908. The van der Waals surface area contributed by atoms with Crippen LogP contribution in [0.15, 0.2) is 66.1 Å². The highest BCUT2D eigenvalue weighted by Crippen LogP contribution is 2.26. The molecule has 0 saturated carbocycles. The Morgan fingerprint density at radius 2 is 1.97 bits per heavy atom. The van der Waals surface area contributed by atoms with E-state index in [1.54, 1.807) is 24.7 Å². The second-order valence-corrected chi connectivity index (χ2v) is 10.5. The minimum atomic E-state index is -3.35. The predicted octanol–water partition coefficient (Wildman–Crippen LogP) is 3.07. The van der Waals surface area contributed by atoms with E-state index in [-0.39, 0.29) is 16.8 Å². The lowest BCUT2D eigenvalue weighted by Gasteiger charge is -2.32. The van der Waals surface area contributed by atoms with Crippen molar-refractivity contribution < 1.29 is 17.9 Å². The summed E-state index contributed by atoms with van der Waals surface area (Å²) in [5.74, 6) is 0.594. The Balaban J connectivity index is 1.34. The van der Waals surface area contributed by atoms with Gasteiger partial charge in [-0.2, -0.15) is 0 Å². The molecule has 1 aromatic heterocycles. The van der Waals surface area contributed by atoms with Crippen molar-refractivity contribution >= 4 is 15.7 Å². The van der Waals surface area contributed by atoms with Gasteiger partial charge in [0.25, 0.3) is 5.91 Å². The third-order valence-electron chi connectivity index (χ3n) is 5.96. The fourth-order valence-corrected chi connectivity index (χ4v) is 4.84. The van der Waals surface area contributed by atoms with E-state index < -0.39 is 9.84 Å². The molecule has 0 radical (unpaired) electrons. The second-order valence-electron chi connectivity index (χ2n) is 8.53. The summed E-state index contributed by atoms with van der Waals surface area (Å²) in [6, 6.07) is 12.5. The van der Waals surface area contributed by atoms with Crippen LogP contribution in [0.4, 0.5) is 0 Å². The average Bonchev–Trinajstić information content (AvgIpc) is 3.35. The number of aromatic nitrogens is 2. The Morgan fingerprint density at radius 1 is 1.18 bits per heavy atom. The van der Waals surface area contributed by atoms with Crippen molar-refractivity contribution in [1.29, 1.82) is 0 Å². The molecule has 2 heterocycles. The van der Waals surface area contributed by atoms with Gasteiger partial charge in [-0.15, -0.1) is 0 Å². The first-order chi connectivity index (χ1) is 16.3. The van der Waals surface area contributed by atoms with E-state index >= 15 is 0 Å². The van der Waals surface area contributed by atoms with Crippen molar-refractivity contribution in [3.05, 3.63) is 72.3 Å². The normalized spacial score (nSPS) is 15.2. The molecular formula is C25H30N4O4S. The van der Waals surface area contributed by atoms with Crippen LogP contribution in [0.25, 0.3) is 5.69 Å². The van der Waals surface area contributed by atoms with Crippen LogP contribution in [0.5, 0.6) is 5.75 Å². The second kappa shape index (κ2) is 10.4. The number of nitrogens with zero attached hydrogens (tertiary/aromatic N) is 3. The smallest absolute Gasteiger partial charge is 0.251 e. The number of amides is 1.